The van der Waals surface area contributed by atoms with E-state index in [1.807, 2.05) is 37.3 Å². The summed E-state index contributed by atoms with van der Waals surface area (Å²) in [5, 5.41) is 9.42. The van der Waals surface area contributed by atoms with Crippen LogP contribution in [-0.2, 0) is 19.2 Å². The molecule has 0 radical (unpaired) electrons. The van der Waals surface area contributed by atoms with Gasteiger partial charge in [-0.15, -0.1) is 0 Å². The lowest BCUT2D eigenvalue weighted by Crippen LogP contribution is -2.54. The molecule has 3 aliphatic carbocycles. The molecule has 6 rings (SSSR count). The van der Waals surface area contributed by atoms with Gasteiger partial charge in [0.25, 0.3) is 0 Å². The Morgan fingerprint density at radius 1 is 0.974 bits per heavy atom. The van der Waals surface area contributed by atoms with Crippen LogP contribution in [0.5, 0.6) is 5.75 Å². The van der Waals surface area contributed by atoms with Gasteiger partial charge in [-0.25, -0.2) is 0 Å². The van der Waals surface area contributed by atoms with Gasteiger partial charge in [0, 0.05) is 17.4 Å². The van der Waals surface area contributed by atoms with Crippen molar-refractivity contribution in [2.75, 3.05) is 18.1 Å². The third-order valence-electron chi connectivity index (χ3n) is 9.24. The minimum atomic E-state index is -1.07. The first-order valence-corrected chi connectivity index (χ1v) is 13.5. The van der Waals surface area contributed by atoms with Gasteiger partial charge < -0.3 is 9.84 Å². The fourth-order valence-electron chi connectivity index (χ4n) is 7.58. The van der Waals surface area contributed by atoms with Crippen molar-refractivity contribution in [3.05, 3.63) is 83.5 Å². The predicted octanol–water partition coefficient (Wildman–Crippen LogP) is 4.02. The molecular formula is C32H31NO6. The van der Waals surface area contributed by atoms with Crippen molar-refractivity contribution < 1.29 is 29.0 Å². The highest BCUT2D eigenvalue weighted by Crippen LogP contribution is 2.63. The molecule has 0 spiro atoms. The number of ether oxygens (including phenoxy) is 1. The fourth-order valence-corrected chi connectivity index (χ4v) is 7.58. The molecule has 7 nitrogen and oxygen atoms in total. The summed E-state index contributed by atoms with van der Waals surface area (Å²) in [6.07, 6.45) is 4.19. The molecule has 0 aromatic heterocycles. The molecule has 1 saturated heterocycles. The van der Waals surface area contributed by atoms with Crippen LogP contribution >= 0.6 is 0 Å². The van der Waals surface area contributed by atoms with Crippen LogP contribution in [0.2, 0.25) is 0 Å². The maximum absolute atomic E-state index is 14.0. The molecule has 1 heterocycles. The zero-order valence-electron chi connectivity index (χ0n) is 22.0. The summed E-state index contributed by atoms with van der Waals surface area (Å²) in [6, 6.07) is 16.4. The largest absolute Gasteiger partial charge is 0.491 e. The zero-order chi connectivity index (χ0) is 27.5. The van der Waals surface area contributed by atoms with Gasteiger partial charge in [0.1, 0.15) is 12.4 Å². The number of carbonyl (C=O) groups excluding carboxylic acids is 4. The van der Waals surface area contributed by atoms with Crippen LogP contribution in [0.1, 0.15) is 38.2 Å². The van der Waals surface area contributed by atoms with E-state index >= 15 is 0 Å². The van der Waals surface area contributed by atoms with Crippen LogP contribution in [0.25, 0.3) is 0 Å². The normalized spacial score (nSPS) is 31.8. The number of aliphatic hydroxyl groups excluding tert-OH is 1. The molecule has 6 atom stereocenters. The second-order valence-electron chi connectivity index (χ2n) is 11.2. The number of rotatable bonds is 5. The highest BCUT2D eigenvalue weighted by Gasteiger charge is 2.63. The van der Waals surface area contributed by atoms with E-state index in [0.29, 0.717) is 29.9 Å². The number of nitrogens with zero attached hydrogens (tertiary/aromatic N) is 1. The van der Waals surface area contributed by atoms with Crippen molar-refractivity contribution in [1.29, 1.82) is 0 Å². The third kappa shape index (κ3) is 3.67. The molecule has 0 unspecified atom stereocenters. The monoisotopic (exact) mass is 525 g/mol. The van der Waals surface area contributed by atoms with Gasteiger partial charge in [-0.1, -0.05) is 55.0 Å². The molecule has 1 aliphatic heterocycles. The topological polar surface area (TPSA) is 101 Å². The number of hydrogen-bond acceptors (Lipinski definition) is 6. The minimum Gasteiger partial charge on any atom is -0.491 e. The Kier molecular flexibility index (Phi) is 6.14. The Balaban J connectivity index is 1.51. The first-order chi connectivity index (χ1) is 18.8. The predicted molar refractivity (Wildman–Crippen MR) is 144 cm³/mol. The first-order valence-electron chi connectivity index (χ1n) is 13.5. The number of carbonyl (C=O) groups is 4. The highest BCUT2D eigenvalue weighted by molar-refractivity contribution is 6.22. The van der Waals surface area contributed by atoms with E-state index in [1.165, 1.54) is 11.0 Å². The molecule has 0 bridgehead atoms. The number of amides is 2. The van der Waals surface area contributed by atoms with E-state index < -0.39 is 29.1 Å². The van der Waals surface area contributed by atoms with Gasteiger partial charge in [-0.05, 0) is 55.5 Å². The van der Waals surface area contributed by atoms with Crippen molar-refractivity contribution in [2.45, 2.75) is 32.6 Å². The van der Waals surface area contributed by atoms with E-state index in [4.69, 9.17) is 4.74 Å². The van der Waals surface area contributed by atoms with E-state index in [2.05, 4.69) is 0 Å². The average molecular weight is 526 g/mol. The van der Waals surface area contributed by atoms with Crippen LogP contribution in [0.15, 0.2) is 77.9 Å². The summed E-state index contributed by atoms with van der Waals surface area (Å²) < 4.78 is 5.92. The highest BCUT2D eigenvalue weighted by atomic mass is 16.5. The number of imide groups is 1. The molecular weight excluding hydrogens is 494 g/mol. The molecule has 39 heavy (non-hydrogen) atoms. The maximum atomic E-state index is 14.0. The molecule has 1 N–H and O–H groups in total. The number of aliphatic hydroxyl groups is 1. The van der Waals surface area contributed by atoms with Gasteiger partial charge >= 0.3 is 0 Å². The number of anilines is 1. The molecule has 1 saturated carbocycles. The van der Waals surface area contributed by atoms with Gasteiger partial charge in [0.2, 0.25) is 11.8 Å². The fraction of sp³-hybridized carbons (Fsp3) is 0.375. The second-order valence-corrected chi connectivity index (χ2v) is 11.2. The van der Waals surface area contributed by atoms with Crippen LogP contribution in [0.3, 0.4) is 0 Å². The maximum Gasteiger partial charge on any atom is 0.238 e. The van der Waals surface area contributed by atoms with Crippen molar-refractivity contribution >= 4 is 29.1 Å². The SMILES string of the molecule is CC1=CC(=O)[C@@H]2C[C@@H]3C(=CC[C@@H]4C(=O)N(c5ccccc5)C(=O)[C@@H]43)[C@H](c3ccccc3OCCO)[C@]2(C)C1=O. The molecule has 200 valence electrons. The Labute approximate surface area is 227 Å². The minimum absolute atomic E-state index is 0.0852. The van der Waals surface area contributed by atoms with Gasteiger partial charge in [-0.2, -0.15) is 0 Å². The smallest absolute Gasteiger partial charge is 0.238 e. The van der Waals surface area contributed by atoms with Crippen LogP contribution in [0, 0.1) is 29.1 Å². The summed E-state index contributed by atoms with van der Waals surface area (Å²) in [7, 11) is 0. The van der Waals surface area contributed by atoms with Crippen molar-refractivity contribution in [2.24, 2.45) is 29.1 Å². The number of Topliss-reactive ketones (excluding diaryl/α,β-unsaturated/α-hetero) is 1. The summed E-state index contributed by atoms with van der Waals surface area (Å²) in [5.41, 5.74) is 1.56. The van der Waals surface area contributed by atoms with E-state index in [9.17, 15) is 24.3 Å². The van der Waals surface area contributed by atoms with E-state index in [1.54, 1.807) is 37.3 Å². The lowest BCUT2D eigenvalue weighted by atomic mass is 9.47. The molecule has 2 aromatic rings. The molecule has 4 aliphatic rings. The molecule has 7 heteroatoms. The zero-order valence-corrected chi connectivity index (χ0v) is 22.0. The number of ketones is 2. The first kappa shape index (κ1) is 25.4. The summed E-state index contributed by atoms with van der Waals surface area (Å²) in [4.78, 5) is 56.3. The average Bonchev–Trinajstić information content (AvgIpc) is 3.20. The quantitative estimate of drug-likeness (QED) is 0.468. The lowest BCUT2D eigenvalue weighted by molar-refractivity contribution is -0.141. The number of allylic oxidation sites excluding steroid dienone is 4. The standard InChI is InChI=1S/C32H31NO6/c1-18-16-25(35)24-17-23-20(12-13-22-27(23)31(38)33(30(22)37)19-8-4-3-5-9-19)28(32(24,2)29(18)36)21-10-6-7-11-26(21)39-15-14-34/h3-12,16,22-24,27-28,34H,13-15,17H2,1-2H3/t22-,23+,24-,27-,28+,32+/m0/s1. The lowest BCUT2D eigenvalue weighted by Gasteiger charge is -2.53. The van der Waals surface area contributed by atoms with Crippen LogP contribution in [-0.4, -0.2) is 41.7 Å². The number of hydrogen-bond donors (Lipinski definition) is 1. The Morgan fingerprint density at radius 2 is 1.69 bits per heavy atom. The molecule has 2 aromatic carbocycles. The Hall–Kier alpha value is -3.84. The van der Waals surface area contributed by atoms with Crippen molar-refractivity contribution in [3.63, 3.8) is 0 Å². The van der Waals surface area contributed by atoms with Crippen LogP contribution in [0.4, 0.5) is 5.69 Å². The number of benzene rings is 2. The number of para-hydroxylation sites is 2. The van der Waals surface area contributed by atoms with Crippen molar-refractivity contribution in [1.82, 2.24) is 0 Å². The van der Waals surface area contributed by atoms with Crippen LogP contribution < -0.4 is 9.64 Å². The second kappa shape index (κ2) is 9.42. The van der Waals surface area contributed by atoms with E-state index in [0.717, 1.165) is 11.1 Å². The summed E-state index contributed by atoms with van der Waals surface area (Å²) in [5.74, 6) is -2.79. The summed E-state index contributed by atoms with van der Waals surface area (Å²) in [6.45, 7) is 3.46. The Bertz CT molecular complexity index is 1440. The third-order valence-corrected chi connectivity index (χ3v) is 9.24. The van der Waals surface area contributed by atoms with Crippen molar-refractivity contribution in [3.8, 4) is 5.75 Å². The Morgan fingerprint density at radius 3 is 2.44 bits per heavy atom. The van der Waals surface area contributed by atoms with E-state index in [-0.39, 0.29) is 42.5 Å². The van der Waals surface area contributed by atoms with Gasteiger partial charge in [-0.3, -0.25) is 24.1 Å². The van der Waals surface area contributed by atoms with Gasteiger partial charge in [0.15, 0.2) is 11.6 Å². The molecule has 2 fully saturated rings. The van der Waals surface area contributed by atoms with Gasteiger partial charge in [0.05, 0.1) is 29.5 Å². The molecule has 2 amide bonds. The number of fused-ring (bicyclic) bond motifs is 4. The summed E-state index contributed by atoms with van der Waals surface area (Å²) >= 11 is 0.